The van der Waals surface area contributed by atoms with Crippen LogP contribution in [0.3, 0.4) is 0 Å². The molecule has 1 aromatic heterocycles. The van der Waals surface area contributed by atoms with E-state index in [0.717, 1.165) is 25.7 Å². The molecule has 132 valence electrons. The van der Waals surface area contributed by atoms with Crippen LogP contribution >= 0.6 is 0 Å². The number of rotatable bonds is 7. The molecular formula is C20H24N2O3. The largest absolute Gasteiger partial charge is 0.467 e. The zero-order valence-corrected chi connectivity index (χ0v) is 14.3. The van der Waals surface area contributed by atoms with Crippen molar-refractivity contribution in [2.75, 3.05) is 6.54 Å². The standard InChI is InChI=1S/C20H24N2O3/c23-19(12-4-9-16-7-2-1-3-8-16)22-13-5-11-18(22)20(24)21-15-17-10-6-14-25-17/h1-3,6-8,10,14,18H,4-5,9,11-13,15H2,(H,21,24)/t18-/m0/s1. The van der Waals surface area contributed by atoms with Gasteiger partial charge in [-0.05, 0) is 43.4 Å². The maximum atomic E-state index is 12.5. The van der Waals surface area contributed by atoms with Gasteiger partial charge in [-0.3, -0.25) is 9.59 Å². The van der Waals surface area contributed by atoms with Crippen molar-refractivity contribution in [2.45, 2.75) is 44.7 Å². The van der Waals surface area contributed by atoms with Crippen molar-refractivity contribution >= 4 is 11.8 Å². The Hall–Kier alpha value is -2.56. The van der Waals surface area contributed by atoms with Crippen molar-refractivity contribution in [1.29, 1.82) is 0 Å². The smallest absolute Gasteiger partial charge is 0.243 e. The van der Waals surface area contributed by atoms with Crippen molar-refractivity contribution in [3.8, 4) is 0 Å². The van der Waals surface area contributed by atoms with Crippen LogP contribution in [0.25, 0.3) is 0 Å². The normalized spacial score (nSPS) is 16.8. The van der Waals surface area contributed by atoms with Gasteiger partial charge in [-0.1, -0.05) is 30.3 Å². The number of aryl methyl sites for hydroxylation is 1. The quantitative estimate of drug-likeness (QED) is 0.843. The molecule has 1 saturated heterocycles. The van der Waals surface area contributed by atoms with Crippen LogP contribution in [0.1, 0.15) is 37.0 Å². The van der Waals surface area contributed by atoms with E-state index in [4.69, 9.17) is 4.42 Å². The fourth-order valence-electron chi connectivity index (χ4n) is 3.28. The zero-order chi connectivity index (χ0) is 17.5. The molecule has 1 fully saturated rings. The number of hydrogen-bond donors (Lipinski definition) is 1. The number of amides is 2. The van der Waals surface area contributed by atoms with Gasteiger partial charge in [-0.2, -0.15) is 0 Å². The molecule has 25 heavy (non-hydrogen) atoms. The van der Waals surface area contributed by atoms with Gasteiger partial charge in [0.05, 0.1) is 12.8 Å². The first-order chi connectivity index (χ1) is 12.2. The summed E-state index contributed by atoms with van der Waals surface area (Å²) < 4.78 is 5.22. The lowest BCUT2D eigenvalue weighted by atomic mass is 10.1. The summed E-state index contributed by atoms with van der Waals surface area (Å²) in [4.78, 5) is 26.7. The molecule has 0 unspecified atom stereocenters. The molecular weight excluding hydrogens is 316 g/mol. The number of furan rings is 1. The molecule has 5 nitrogen and oxygen atoms in total. The Morgan fingerprint density at radius 3 is 2.76 bits per heavy atom. The van der Waals surface area contributed by atoms with Crippen molar-refractivity contribution in [1.82, 2.24) is 10.2 Å². The van der Waals surface area contributed by atoms with E-state index < -0.39 is 0 Å². The van der Waals surface area contributed by atoms with E-state index >= 15 is 0 Å². The Bertz CT molecular complexity index is 682. The first-order valence-electron chi connectivity index (χ1n) is 8.87. The Morgan fingerprint density at radius 1 is 1.16 bits per heavy atom. The Labute approximate surface area is 148 Å². The first-order valence-corrected chi connectivity index (χ1v) is 8.87. The number of carbonyl (C=O) groups is 2. The van der Waals surface area contributed by atoms with Crippen LogP contribution in [-0.4, -0.2) is 29.3 Å². The van der Waals surface area contributed by atoms with Crippen LogP contribution in [0.4, 0.5) is 0 Å². The topological polar surface area (TPSA) is 62.6 Å². The molecule has 0 spiro atoms. The van der Waals surface area contributed by atoms with Crippen LogP contribution in [0.15, 0.2) is 53.1 Å². The number of benzene rings is 1. The molecule has 2 amide bonds. The lowest BCUT2D eigenvalue weighted by Gasteiger charge is -2.24. The second-order valence-electron chi connectivity index (χ2n) is 6.38. The molecule has 1 atom stereocenters. The minimum atomic E-state index is -0.348. The van der Waals surface area contributed by atoms with Crippen LogP contribution < -0.4 is 5.32 Å². The van der Waals surface area contributed by atoms with Gasteiger partial charge in [-0.15, -0.1) is 0 Å². The van der Waals surface area contributed by atoms with Crippen molar-refractivity contribution in [3.05, 3.63) is 60.1 Å². The molecule has 1 aliphatic rings. The van der Waals surface area contributed by atoms with E-state index in [-0.39, 0.29) is 17.9 Å². The molecule has 2 heterocycles. The molecule has 0 radical (unpaired) electrons. The lowest BCUT2D eigenvalue weighted by Crippen LogP contribution is -2.45. The second-order valence-corrected chi connectivity index (χ2v) is 6.38. The minimum Gasteiger partial charge on any atom is -0.467 e. The van der Waals surface area contributed by atoms with Crippen LogP contribution in [0.5, 0.6) is 0 Å². The third kappa shape index (κ3) is 4.72. The highest BCUT2D eigenvalue weighted by atomic mass is 16.3. The summed E-state index contributed by atoms with van der Waals surface area (Å²) in [5.74, 6) is 0.698. The van der Waals surface area contributed by atoms with Crippen LogP contribution in [0.2, 0.25) is 0 Å². The highest BCUT2D eigenvalue weighted by Gasteiger charge is 2.33. The average molecular weight is 340 g/mol. The van der Waals surface area contributed by atoms with Gasteiger partial charge in [0.25, 0.3) is 0 Å². The summed E-state index contributed by atoms with van der Waals surface area (Å²) in [6, 6.07) is 13.4. The summed E-state index contributed by atoms with van der Waals surface area (Å²) in [5, 5.41) is 2.87. The van der Waals surface area contributed by atoms with E-state index in [9.17, 15) is 9.59 Å². The molecule has 0 bridgehead atoms. The Balaban J connectivity index is 1.46. The maximum Gasteiger partial charge on any atom is 0.243 e. The van der Waals surface area contributed by atoms with Crippen molar-refractivity contribution in [2.24, 2.45) is 0 Å². The summed E-state index contributed by atoms with van der Waals surface area (Å²) in [6.07, 6.45) is 5.37. The molecule has 0 aliphatic carbocycles. The number of hydrogen-bond acceptors (Lipinski definition) is 3. The molecule has 1 aliphatic heterocycles. The predicted octanol–water partition coefficient (Wildman–Crippen LogP) is 2.91. The average Bonchev–Trinajstić information content (AvgIpc) is 3.32. The number of carbonyl (C=O) groups excluding carboxylic acids is 2. The van der Waals surface area contributed by atoms with Gasteiger partial charge in [0.15, 0.2) is 0 Å². The summed E-state index contributed by atoms with van der Waals surface area (Å²) in [6.45, 7) is 1.03. The maximum absolute atomic E-state index is 12.5. The number of nitrogens with zero attached hydrogens (tertiary/aromatic N) is 1. The lowest BCUT2D eigenvalue weighted by molar-refractivity contribution is -0.138. The monoisotopic (exact) mass is 340 g/mol. The van der Waals surface area contributed by atoms with E-state index in [1.54, 1.807) is 17.2 Å². The fraction of sp³-hybridized carbons (Fsp3) is 0.400. The molecule has 0 saturated carbocycles. The minimum absolute atomic E-state index is 0.0755. The number of likely N-dealkylation sites (tertiary alicyclic amines) is 1. The molecule has 2 aromatic rings. The van der Waals surface area contributed by atoms with Gasteiger partial charge in [0.2, 0.25) is 11.8 Å². The summed E-state index contributed by atoms with van der Waals surface area (Å²) in [7, 11) is 0. The summed E-state index contributed by atoms with van der Waals surface area (Å²) >= 11 is 0. The van der Waals surface area contributed by atoms with E-state index in [2.05, 4.69) is 17.4 Å². The number of nitrogens with one attached hydrogen (secondary N) is 1. The third-order valence-corrected chi connectivity index (χ3v) is 4.59. The highest BCUT2D eigenvalue weighted by molar-refractivity contribution is 5.88. The van der Waals surface area contributed by atoms with E-state index in [0.29, 0.717) is 25.3 Å². The van der Waals surface area contributed by atoms with Gasteiger partial charge in [0.1, 0.15) is 11.8 Å². The third-order valence-electron chi connectivity index (χ3n) is 4.59. The van der Waals surface area contributed by atoms with Crippen LogP contribution in [0, 0.1) is 0 Å². The van der Waals surface area contributed by atoms with Gasteiger partial charge in [0, 0.05) is 13.0 Å². The molecule has 1 aromatic carbocycles. The van der Waals surface area contributed by atoms with Gasteiger partial charge < -0.3 is 14.6 Å². The molecule has 1 N–H and O–H groups in total. The van der Waals surface area contributed by atoms with E-state index in [1.807, 2.05) is 24.3 Å². The first kappa shape index (κ1) is 17.3. The highest BCUT2D eigenvalue weighted by Crippen LogP contribution is 2.19. The second kappa shape index (κ2) is 8.51. The van der Waals surface area contributed by atoms with Crippen molar-refractivity contribution in [3.63, 3.8) is 0 Å². The Kier molecular flexibility index (Phi) is 5.88. The van der Waals surface area contributed by atoms with Crippen LogP contribution in [-0.2, 0) is 22.6 Å². The summed E-state index contributed by atoms with van der Waals surface area (Å²) in [5.41, 5.74) is 1.24. The molecule has 3 rings (SSSR count). The Morgan fingerprint density at radius 2 is 2.00 bits per heavy atom. The zero-order valence-electron chi connectivity index (χ0n) is 14.3. The SMILES string of the molecule is O=C(NCc1ccco1)[C@@H]1CCCN1C(=O)CCCc1ccccc1. The van der Waals surface area contributed by atoms with Crippen molar-refractivity contribution < 1.29 is 14.0 Å². The van der Waals surface area contributed by atoms with Gasteiger partial charge in [-0.25, -0.2) is 0 Å². The van der Waals surface area contributed by atoms with E-state index in [1.165, 1.54) is 5.56 Å². The fourth-order valence-corrected chi connectivity index (χ4v) is 3.28. The predicted molar refractivity (Wildman–Crippen MR) is 94.7 cm³/mol. The molecule has 5 heteroatoms. The van der Waals surface area contributed by atoms with Gasteiger partial charge >= 0.3 is 0 Å².